The maximum Gasteiger partial charge on any atom is 0.341 e. The molecule has 0 unspecified atom stereocenters. The number of ether oxygens (including phenoxy) is 2. The summed E-state index contributed by atoms with van der Waals surface area (Å²) in [5.41, 5.74) is 6.34. The number of hydrogen-bond acceptors (Lipinski definition) is 5. The lowest BCUT2D eigenvalue weighted by Crippen LogP contribution is -2.36. The van der Waals surface area contributed by atoms with Crippen LogP contribution in [0.1, 0.15) is 24.2 Å². The van der Waals surface area contributed by atoms with E-state index in [-0.39, 0.29) is 29.9 Å². The van der Waals surface area contributed by atoms with Crippen LogP contribution in [0.4, 0.5) is 5.69 Å². The fraction of sp³-hybridized carbons (Fsp3) is 0.429. The summed E-state index contributed by atoms with van der Waals surface area (Å²) in [6, 6.07) is 4.65. The summed E-state index contributed by atoms with van der Waals surface area (Å²) in [5.74, 6) is -0.481. The van der Waals surface area contributed by atoms with Gasteiger partial charge in [-0.3, -0.25) is 4.79 Å². The maximum atomic E-state index is 11.8. The number of rotatable bonds is 5. The van der Waals surface area contributed by atoms with Crippen LogP contribution in [-0.2, 0) is 9.53 Å². The highest BCUT2D eigenvalue weighted by Crippen LogP contribution is 2.22. The van der Waals surface area contributed by atoms with Gasteiger partial charge < -0.3 is 20.1 Å². The Balaban J connectivity index is 2.84. The van der Waals surface area contributed by atoms with Gasteiger partial charge >= 0.3 is 5.97 Å². The van der Waals surface area contributed by atoms with Crippen molar-refractivity contribution in [2.75, 3.05) is 26.5 Å². The molecular formula is C14H20N2O4. The summed E-state index contributed by atoms with van der Waals surface area (Å²) in [6.45, 7) is 3.64. The van der Waals surface area contributed by atoms with E-state index in [0.717, 1.165) is 0 Å². The molecule has 0 aliphatic heterocycles. The molecule has 0 saturated heterocycles. The van der Waals surface area contributed by atoms with Crippen molar-refractivity contribution in [1.29, 1.82) is 0 Å². The van der Waals surface area contributed by atoms with Gasteiger partial charge in [-0.15, -0.1) is 0 Å². The minimum atomic E-state index is -0.537. The van der Waals surface area contributed by atoms with Crippen molar-refractivity contribution in [3.05, 3.63) is 23.8 Å². The van der Waals surface area contributed by atoms with Crippen LogP contribution in [-0.4, -0.2) is 43.6 Å². The van der Waals surface area contributed by atoms with Gasteiger partial charge in [-0.25, -0.2) is 4.79 Å². The zero-order valence-electron chi connectivity index (χ0n) is 12.2. The van der Waals surface area contributed by atoms with Gasteiger partial charge in [0.15, 0.2) is 6.61 Å². The Hall–Kier alpha value is -2.24. The van der Waals surface area contributed by atoms with E-state index in [1.165, 1.54) is 19.2 Å². The monoisotopic (exact) mass is 280 g/mol. The number of amides is 1. The van der Waals surface area contributed by atoms with Gasteiger partial charge in [0.2, 0.25) is 0 Å². The van der Waals surface area contributed by atoms with Crippen molar-refractivity contribution in [3.8, 4) is 5.75 Å². The van der Waals surface area contributed by atoms with E-state index < -0.39 is 5.97 Å². The molecule has 1 amide bonds. The predicted molar refractivity (Wildman–Crippen MR) is 75.6 cm³/mol. The third-order valence-corrected chi connectivity index (χ3v) is 2.93. The average Bonchev–Trinajstić information content (AvgIpc) is 2.42. The Labute approximate surface area is 118 Å². The Bertz CT molecular complexity index is 500. The van der Waals surface area contributed by atoms with Crippen LogP contribution in [0.5, 0.6) is 5.75 Å². The summed E-state index contributed by atoms with van der Waals surface area (Å²) in [4.78, 5) is 25.0. The lowest BCUT2D eigenvalue weighted by atomic mass is 10.2. The lowest BCUT2D eigenvalue weighted by Gasteiger charge is -2.21. The van der Waals surface area contributed by atoms with Gasteiger partial charge in [0.05, 0.1) is 7.11 Å². The third-order valence-electron chi connectivity index (χ3n) is 2.93. The van der Waals surface area contributed by atoms with Gasteiger partial charge in [-0.05, 0) is 26.0 Å². The molecule has 110 valence electrons. The molecule has 0 radical (unpaired) electrons. The quantitative estimate of drug-likeness (QED) is 0.649. The van der Waals surface area contributed by atoms with Crippen LogP contribution >= 0.6 is 0 Å². The fourth-order valence-electron chi connectivity index (χ4n) is 1.47. The zero-order chi connectivity index (χ0) is 15.3. The number of esters is 1. The number of carbonyl (C=O) groups excluding carboxylic acids is 2. The van der Waals surface area contributed by atoms with Crippen molar-refractivity contribution in [3.63, 3.8) is 0 Å². The second-order valence-electron chi connectivity index (χ2n) is 4.63. The SMILES string of the molecule is COC(=O)c1ccc(N)cc1OCC(=O)N(C)C(C)C. The summed E-state index contributed by atoms with van der Waals surface area (Å²) < 4.78 is 10.1. The molecule has 6 heteroatoms. The molecule has 20 heavy (non-hydrogen) atoms. The van der Waals surface area contributed by atoms with Crippen molar-refractivity contribution >= 4 is 17.6 Å². The molecule has 2 N–H and O–H groups in total. The number of carbonyl (C=O) groups is 2. The first kappa shape index (κ1) is 15.8. The molecule has 0 bridgehead atoms. The van der Waals surface area contributed by atoms with E-state index >= 15 is 0 Å². The topological polar surface area (TPSA) is 81.9 Å². The number of hydrogen-bond donors (Lipinski definition) is 1. The number of nitrogen functional groups attached to an aromatic ring is 1. The zero-order valence-corrected chi connectivity index (χ0v) is 12.2. The van der Waals surface area contributed by atoms with Gasteiger partial charge in [0.25, 0.3) is 5.91 Å². The largest absolute Gasteiger partial charge is 0.483 e. The second kappa shape index (κ2) is 6.79. The second-order valence-corrected chi connectivity index (χ2v) is 4.63. The van der Waals surface area contributed by atoms with Crippen LogP contribution in [0, 0.1) is 0 Å². The molecule has 1 aromatic rings. The molecule has 0 aliphatic rings. The summed E-state index contributed by atoms with van der Waals surface area (Å²) >= 11 is 0. The average molecular weight is 280 g/mol. The minimum absolute atomic E-state index is 0.0759. The molecule has 0 spiro atoms. The van der Waals surface area contributed by atoms with Crippen LogP contribution in [0.2, 0.25) is 0 Å². The summed E-state index contributed by atoms with van der Waals surface area (Å²) in [5, 5.41) is 0. The highest BCUT2D eigenvalue weighted by molar-refractivity contribution is 5.93. The van der Waals surface area contributed by atoms with Crippen molar-refractivity contribution in [2.45, 2.75) is 19.9 Å². The van der Waals surface area contributed by atoms with E-state index in [1.54, 1.807) is 18.0 Å². The number of likely N-dealkylation sites (N-methyl/N-ethyl adjacent to an activating group) is 1. The lowest BCUT2D eigenvalue weighted by molar-refractivity contribution is -0.133. The van der Waals surface area contributed by atoms with Crippen LogP contribution in [0.25, 0.3) is 0 Å². The number of nitrogens with zero attached hydrogens (tertiary/aromatic N) is 1. The molecule has 0 saturated carbocycles. The van der Waals surface area contributed by atoms with E-state index in [2.05, 4.69) is 4.74 Å². The molecule has 0 heterocycles. The van der Waals surface area contributed by atoms with E-state index in [0.29, 0.717) is 5.69 Å². The fourth-order valence-corrected chi connectivity index (χ4v) is 1.47. The highest BCUT2D eigenvalue weighted by Gasteiger charge is 2.17. The van der Waals surface area contributed by atoms with Crippen LogP contribution < -0.4 is 10.5 Å². The molecule has 6 nitrogen and oxygen atoms in total. The smallest absolute Gasteiger partial charge is 0.341 e. The Morgan fingerprint density at radius 1 is 1.35 bits per heavy atom. The maximum absolute atomic E-state index is 11.8. The molecule has 1 aromatic carbocycles. The van der Waals surface area contributed by atoms with E-state index in [4.69, 9.17) is 10.5 Å². The molecule has 0 aliphatic carbocycles. The Morgan fingerprint density at radius 2 is 2.00 bits per heavy atom. The summed E-state index contributed by atoms with van der Waals surface area (Å²) in [7, 11) is 2.97. The molecule has 1 rings (SSSR count). The number of methoxy groups -OCH3 is 1. The Kier molecular flexibility index (Phi) is 5.37. The summed E-state index contributed by atoms with van der Waals surface area (Å²) in [6.07, 6.45) is 0. The first-order valence-corrected chi connectivity index (χ1v) is 6.23. The van der Waals surface area contributed by atoms with Gasteiger partial charge in [0.1, 0.15) is 11.3 Å². The predicted octanol–water partition coefficient (Wildman–Crippen LogP) is 1.30. The first-order valence-electron chi connectivity index (χ1n) is 6.23. The number of anilines is 1. The van der Waals surface area contributed by atoms with Crippen molar-refractivity contribution in [2.24, 2.45) is 0 Å². The molecular weight excluding hydrogens is 260 g/mol. The van der Waals surface area contributed by atoms with Crippen molar-refractivity contribution < 1.29 is 19.1 Å². The highest BCUT2D eigenvalue weighted by atomic mass is 16.5. The standard InChI is InChI=1S/C14H20N2O4/c1-9(2)16(3)13(17)8-20-12-7-10(15)5-6-11(12)14(18)19-4/h5-7,9H,8,15H2,1-4H3. The van der Waals surface area contributed by atoms with Crippen LogP contribution in [0.15, 0.2) is 18.2 Å². The van der Waals surface area contributed by atoms with Gasteiger partial charge in [-0.1, -0.05) is 0 Å². The minimum Gasteiger partial charge on any atom is -0.483 e. The normalized spacial score (nSPS) is 10.2. The van der Waals surface area contributed by atoms with E-state index in [9.17, 15) is 9.59 Å². The molecule has 0 aromatic heterocycles. The van der Waals surface area contributed by atoms with E-state index in [1.807, 2.05) is 13.8 Å². The van der Waals surface area contributed by atoms with Gasteiger partial charge in [-0.2, -0.15) is 0 Å². The van der Waals surface area contributed by atoms with Crippen molar-refractivity contribution in [1.82, 2.24) is 4.90 Å². The van der Waals surface area contributed by atoms with Crippen LogP contribution in [0.3, 0.4) is 0 Å². The van der Waals surface area contributed by atoms with Gasteiger partial charge in [0, 0.05) is 24.8 Å². The molecule has 0 fully saturated rings. The Morgan fingerprint density at radius 3 is 2.55 bits per heavy atom. The number of nitrogens with two attached hydrogens (primary N) is 1. The number of benzene rings is 1. The first-order chi connectivity index (χ1) is 9.36. The third kappa shape index (κ3) is 3.88. The molecule has 0 atom stereocenters.